The van der Waals surface area contributed by atoms with Gasteiger partial charge in [-0.1, -0.05) is 45.8 Å². The molecule has 1 nitrogen and oxygen atoms in total. The van der Waals surface area contributed by atoms with Crippen LogP contribution >= 0.6 is 15.9 Å². The first-order valence-corrected chi connectivity index (χ1v) is 6.18. The zero-order valence-corrected chi connectivity index (χ0v) is 10.5. The number of benzene rings is 1. The molecule has 0 fully saturated rings. The van der Waals surface area contributed by atoms with Gasteiger partial charge in [0.25, 0.3) is 0 Å². The summed E-state index contributed by atoms with van der Waals surface area (Å²) in [6.07, 6.45) is 6.18. The molecule has 1 unspecified atom stereocenters. The van der Waals surface area contributed by atoms with Crippen molar-refractivity contribution in [3.63, 3.8) is 0 Å². The summed E-state index contributed by atoms with van der Waals surface area (Å²) in [6.45, 7) is 0. The minimum atomic E-state index is -0.370. The molecule has 0 spiro atoms. The van der Waals surface area contributed by atoms with Crippen LogP contribution in [-0.2, 0) is 0 Å². The van der Waals surface area contributed by atoms with Crippen LogP contribution < -0.4 is 0 Å². The van der Waals surface area contributed by atoms with E-state index in [0.29, 0.717) is 12.8 Å². The van der Waals surface area contributed by atoms with Crippen molar-refractivity contribution in [1.29, 1.82) is 0 Å². The van der Waals surface area contributed by atoms with Gasteiger partial charge in [-0.3, -0.25) is 0 Å². The van der Waals surface area contributed by atoms with Crippen LogP contribution in [0.25, 0.3) is 0 Å². The van der Waals surface area contributed by atoms with E-state index in [0.717, 1.165) is 16.5 Å². The molecule has 0 saturated carbocycles. The average molecular weight is 277 g/mol. The molecule has 1 rings (SSSR count). The summed E-state index contributed by atoms with van der Waals surface area (Å²) < 4.78 is 0. The maximum atomic E-state index is 9.48. The van der Waals surface area contributed by atoms with E-state index < -0.39 is 0 Å². The van der Waals surface area contributed by atoms with Gasteiger partial charge < -0.3 is 5.11 Å². The summed E-state index contributed by atoms with van der Waals surface area (Å²) in [5.74, 6) is 8.52. The second-order valence-corrected chi connectivity index (χ2v) is 4.12. The lowest BCUT2D eigenvalue weighted by atomic mass is 10.1. The molecule has 0 aliphatic carbocycles. The Morgan fingerprint density at radius 2 is 2.00 bits per heavy atom. The van der Waals surface area contributed by atoms with Crippen LogP contribution in [0.15, 0.2) is 24.3 Å². The van der Waals surface area contributed by atoms with E-state index in [4.69, 9.17) is 6.42 Å². The van der Waals surface area contributed by atoms with Crippen LogP contribution in [0.3, 0.4) is 0 Å². The highest BCUT2D eigenvalue weighted by Gasteiger charge is 1.99. The van der Waals surface area contributed by atoms with E-state index >= 15 is 0 Å². The molecule has 16 heavy (non-hydrogen) atoms. The smallest absolute Gasteiger partial charge is 0.0657 e. The summed E-state index contributed by atoms with van der Waals surface area (Å²) in [7, 11) is 0. The van der Waals surface area contributed by atoms with Gasteiger partial charge in [-0.25, -0.2) is 0 Å². The first-order chi connectivity index (χ1) is 7.77. The Labute approximate surface area is 105 Å². The minimum Gasteiger partial charge on any atom is -0.392 e. The van der Waals surface area contributed by atoms with Crippen LogP contribution in [0.5, 0.6) is 0 Å². The Kier molecular flexibility index (Phi) is 5.72. The lowest BCUT2D eigenvalue weighted by Gasteiger charge is -2.01. The molecule has 1 N–H and O–H groups in total. The quantitative estimate of drug-likeness (QED) is 0.665. The van der Waals surface area contributed by atoms with Gasteiger partial charge in [0, 0.05) is 22.9 Å². The summed E-state index contributed by atoms with van der Waals surface area (Å²) in [4.78, 5) is 0. The molecule has 0 saturated heterocycles. The molecule has 0 radical (unpaired) electrons. The fourth-order valence-electron chi connectivity index (χ4n) is 1.21. The van der Waals surface area contributed by atoms with E-state index in [1.165, 1.54) is 0 Å². The number of alkyl halides is 1. The second-order valence-electron chi connectivity index (χ2n) is 3.33. The Morgan fingerprint density at radius 3 is 2.62 bits per heavy atom. The van der Waals surface area contributed by atoms with Crippen molar-refractivity contribution >= 4 is 15.9 Å². The largest absolute Gasteiger partial charge is 0.392 e. The van der Waals surface area contributed by atoms with Gasteiger partial charge in [0.2, 0.25) is 0 Å². The third-order valence-electron chi connectivity index (χ3n) is 2.09. The van der Waals surface area contributed by atoms with Crippen molar-refractivity contribution < 1.29 is 5.11 Å². The van der Waals surface area contributed by atoms with Crippen LogP contribution in [0.1, 0.15) is 24.0 Å². The van der Waals surface area contributed by atoms with E-state index in [9.17, 15) is 5.11 Å². The van der Waals surface area contributed by atoms with Gasteiger partial charge in [-0.2, -0.15) is 0 Å². The van der Waals surface area contributed by atoms with E-state index in [2.05, 4.69) is 33.7 Å². The SMILES string of the molecule is C#Cc1ccccc1C#CCC(O)CCBr. The zero-order valence-electron chi connectivity index (χ0n) is 8.91. The molecule has 82 valence electrons. The average Bonchev–Trinajstić information content (AvgIpc) is 2.30. The predicted molar refractivity (Wildman–Crippen MR) is 70.3 cm³/mol. The van der Waals surface area contributed by atoms with E-state index in [1.54, 1.807) is 0 Å². The zero-order chi connectivity index (χ0) is 11.8. The van der Waals surface area contributed by atoms with Gasteiger partial charge >= 0.3 is 0 Å². The third kappa shape index (κ3) is 4.11. The summed E-state index contributed by atoms with van der Waals surface area (Å²) in [6, 6.07) is 7.54. The van der Waals surface area contributed by atoms with Crippen LogP contribution in [0, 0.1) is 24.2 Å². The molecule has 0 bridgehead atoms. The Hall–Kier alpha value is -1.22. The number of hydrogen-bond donors (Lipinski definition) is 1. The van der Waals surface area contributed by atoms with Crippen molar-refractivity contribution in [2.24, 2.45) is 0 Å². The normalized spacial score (nSPS) is 11.1. The van der Waals surface area contributed by atoms with Crippen molar-refractivity contribution in [2.75, 3.05) is 5.33 Å². The monoisotopic (exact) mass is 276 g/mol. The van der Waals surface area contributed by atoms with E-state index in [1.807, 2.05) is 24.3 Å². The topological polar surface area (TPSA) is 20.2 Å². The standard InChI is InChI=1S/C14H13BrO/c1-2-12-6-3-4-7-13(12)8-5-9-14(16)10-11-15/h1,3-4,6-7,14,16H,9-11H2. The number of aliphatic hydroxyl groups excluding tert-OH is 1. The number of halogens is 1. The van der Waals surface area contributed by atoms with E-state index in [-0.39, 0.29) is 6.10 Å². The van der Waals surface area contributed by atoms with Gasteiger partial charge in [-0.15, -0.1) is 6.42 Å². The van der Waals surface area contributed by atoms with Crippen LogP contribution in [0.4, 0.5) is 0 Å². The molecule has 1 aromatic carbocycles. The lowest BCUT2D eigenvalue weighted by Crippen LogP contribution is -2.04. The van der Waals surface area contributed by atoms with Gasteiger partial charge in [0.05, 0.1) is 6.10 Å². The summed E-state index contributed by atoms with van der Waals surface area (Å²) in [5.41, 5.74) is 1.64. The minimum absolute atomic E-state index is 0.370. The highest BCUT2D eigenvalue weighted by Crippen LogP contribution is 2.05. The van der Waals surface area contributed by atoms with Gasteiger partial charge in [-0.05, 0) is 18.6 Å². The van der Waals surface area contributed by atoms with Crippen molar-refractivity contribution in [1.82, 2.24) is 0 Å². The van der Waals surface area contributed by atoms with Gasteiger partial charge in [0.1, 0.15) is 0 Å². The number of aliphatic hydroxyl groups is 1. The van der Waals surface area contributed by atoms with Crippen LogP contribution in [0.2, 0.25) is 0 Å². The maximum Gasteiger partial charge on any atom is 0.0657 e. The van der Waals surface area contributed by atoms with Gasteiger partial charge in [0.15, 0.2) is 0 Å². The second kappa shape index (κ2) is 7.12. The first-order valence-electron chi connectivity index (χ1n) is 5.06. The molecule has 0 aliphatic heterocycles. The highest BCUT2D eigenvalue weighted by atomic mass is 79.9. The van der Waals surface area contributed by atoms with Crippen LogP contribution in [-0.4, -0.2) is 16.5 Å². The fraction of sp³-hybridized carbons (Fsp3) is 0.286. The number of rotatable bonds is 3. The van der Waals surface area contributed by atoms with Crippen molar-refractivity contribution in [2.45, 2.75) is 18.9 Å². The Balaban J connectivity index is 2.67. The Bertz CT molecular complexity index is 434. The molecule has 2 heteroatoms. The van der Waals surface area contributed by atoms with Crippen molar-refractivity contribution in [3.05, 3.63) is 35.4 Å². The third-order valence-corrected chi connectivity index (χ3v) is 2.54. The molecular weight excluding hydrogens is 264 g/mol. The number of hydrogen-bond acceptors (Lipinski definition) is 1. The molecular formula is C14H13BrO. The fourth-order valence-corrected chi connectivity index (χ4v) is 1.74. The molecule has 0 aromatic heterocycles. The first kappa shape index (κ1) is 12.8. The summed E-state index contributed by atoms with van der Waals surface area (Å²) in [5, 5.41) is 10.3. The molecule has 1 aromatic rings. The molecule has 0 amide bonds. The lowest BCUT2D eigenvalue weighted by molar-refractivity contribution is 0.178. The Morgan fingerprint density at radius 1 is 1.31 bits per heavy atom. The molecule has 0 heterocycles. The number of terminal acetylenes is 1. The summed E-state index contributed by atoms with van der Waals surface area (Å²) >= 11 is 3.27. The maximum absolute atomic E-state index is 9.48. The van der Waals surface area contributed by atoms with Crippen molar-refractivity contribution in [3.8, 4) is 24.2 Å². The highest BCUT2D eigenvalue weighted by molar-refractivity contribution is 9.09. The predicted octanol–water partition coefficient (Wildman–Crippen LogP) is 2.56. The molecule has 0 aliphatic rings. The molecule has 1 atom stereocenters.